The number of thiophene rings is 1. The van der Waals surface area contributed by atoms with E-state index >= 15 is 0 Å². The van der Waals surface area contributed by atoms with Gasteiger partial charge in [-0.15, -0.1) is 26.6 Å². The third-order valence-corrected chi connectivity index (χ3v) is 5.24. The van der Waals surface area contributed by atoms with E-state index in [4.69, 9.17) is 5.10 Å². The fourth-order valence-corrected chi connectivity index (χ4v) is 3.78. The number of aromatic nitrogens is 4. The lowest BCUT2D eigenvalue weighted by molar-refractivity contribution is 0.526. The molecule has 0 fully saturated rings. The van der Waals surface area contributed by atoms with E-state index in [1.165, 1.54) is 10.5 Å². The highest BCUT2D eigenvalue weighted by atomic mass is 32.1. The van der Waals surface area contributed by atoms with E-state index in [1.807, 2.05) is 28.0 Å². The molecule has 1 aliphatic heterocycles. The zero-order chi connectivity index (χ0) is 16.7. The molecular formula is C18H21N5S. The first-order valence-electron chi connectivity index (χ1n) is 8.23. The summed E-state index contributed by atoms with van der Waals surface area (Å²) in [5, 5.41) is 15.5. The van der Waals surface area contributed by atoms with Gasteiger partial charge in [-0.3, -0.25) is 0 Å². The van der Waals surface area contributed by atoms with Crippen molar-refractivity contribution in [2.24, 2.45) is 0 Å². The summed E-state index contributed by atoms with van der Waals surface area (Å²) >= 11 is 1.81. The molecule has 4 heterocycles. The van der Waals surface area contributed by atoms with Crippen molar-refractivity contribution in [2.45, 2.75) is 32.6 Å². The van der Waals surface area contributed by atoms with E-state index in [-0.39, 0.29) is 5.41 Å². The van der Waals surface area contributed by atoms with Crippen LogP contribution in [0.1, 0.15) is 37.9 Å². The SMILES string of the molecule is CC(C)(C)c1nnc2ccc(N3CC=C(c4cccs4)CC3)nn12. The molecule has 24 heavy (non-hydrogen) atoms. The summed E-state index contributed by atoms with van der Waals surface area (Å²) in [6, 6.07) is 8.36. The maximum Gasteiger partial charge on any atom is 0.178 e. The minimum absolute atomic E-state index is 0.0841. The Labute approximate surface area is 145 Å². The number of hydrogen-bond donors (Lipinski definition) is 0. The number of nitrogens with zero attached hydrogens (tertiary/aromatic N) is 5. The Kier molecular flexibility index (Phi) is 3.64. The molecule has 124 valence electrons. The summed E-state index contributed by atoms with van der Waals surface area (Å²) in [6.45, 7) is 8.27. The Morgan fingerprint density at radius 1 is 1.12 bits per heavy atom. The molecule has 0 aromatic carbocycles. The van der Waals surface area contributed by atoms with Crippen molar-refractivity contribution in [3.05, 3.63) is 46.4 Å². The molecule has 0 amide bonds. The molecule has 0 N–H and O–H groups in total. The maximum atomic E-state index is 4.80. The van der Waals surface area contributed by atoms with Crippen LogP contribution in [-0.4, -0.2) is 32.9 Å². The molecule has 0 saturated heterocycles. The second kappa shape index (κ2) is 5.70. The van der Waals surface area contributed by atoms with Crippen LogP contribution in [0.4, 0.5) is 5.82 Å². The number of fused-ring (bicyclic) bond motifs is 1. The Hall–Kier alpha value is -2.21. The van der Waals surface area contributed by atoms with Crippen molar-refractivity contribution < 1.29 is 0 Å². The average Bonchev–Trinajstić information content (AvgIpc) is 3.23. The standard InChI is InChI=1S/C18H21N5S/c1-18(2,3)17-20-19-15-6-7-16(21-23(15)17)22-10-8-13(9-11-22)14-5-4-12-24-14/h4-8,12H,9-11H2,1-3H3. The van der Waals surface area contributed by atoms with Crippen LogP contribution >= 0.6 is 11.3 Å². The van der Waals surface area contributed by atoms with Crippen molar-refractivity contribution in [1.82, 2.24) is 19.8 Å². The summed E-state index contributed by atoms with van der Waals surface area (Å²) < 4.78 is 1.88. The second-order valence-electron chi connectivity index (χ2n) is 7.14. The first kappa shape index (κ1) is 15.3. The van der Waals surface area contributed by atoms with Crippen molar-refractivity contribution in [2.75, 3.05) is 18.0 Å². The van der Waals surface area contributed by atoms with Gasteiger partial charge in [0.25, 0.3) is 0 Å². The summed E-state index contributed by atoms with van der Waals surface area (Å²) in [7, 11) is 0. The molecule has 0 unspecified atom stereocenters. The van der Waals surface area contributed by atoms with Gasteiger partial charge in [-0.2, -0.15) is 4.52 Å². The van der Waals surface area contributed by atoms with E-state index in [2.05, 4.69) is 59.5 Å². The van der Waals surface area contributed by atoms with E-state index < -0.39 is 0 Å². The third-order valence-electron chi connectivity index (χ3n) is 4.29. The van der Waals surface area contributed by atoms with Gasteiger partial charge in [0.05, 0.1) is 0 Å². The Balaban J connectivity index is 1.63. The van der Waals surface area contributed by atoms with Crippen LogP contribution < -0.4 is 4.90 Å². The van der Waals surface area contributed by atoms with Gasteiger partial charge in [-0.25, -0.2) is 0 Å². The first-order valence-corrected chi connectivity index (χ1v) is 9.11. The molecule has 5 nitrogen and oxygen atoms in total. The molecule has 0 aliphatic carbocycles. The fourth-order valence-electron chi connectivity index (χ4n) is 2.98. The first-order chi connectivity index (χ1) is 11.5. The van der Waals surface area contributed by atoms with Gasteiger partial charge in [-0.05, 0) is 35.6 Å². The second-order valence-corrected chi connectivity index (χ2v) is 8.09. The minimum Gasteiger partial charge on any atom is -0.351 e. The molecule has 0 bridgehead atoms. The molecule has 3 aromatic rings. The van der Waals surface area contributed by atoms with Gasteiger partial charge in [0, 0.05) is 23.4 Å². The Bertz CT molecular complexity index is 886. The molecule has 0 spiro atoms. The van der Waals surface area contributed by atoms with Crippen LogP contribution in [0.5, 0.6) is 0 Å². The van der Waals surface area contributed by atoms with Crippen LogP contribution in [0.3, 0.4) is 0 Å². The molecule has 0 radical (unpaired) electrons. The van der Waals surface area contributed by atoms with Crippen LogP contribution in [-0.2, 0) is 5.41 Å². The lowest BCUT2D eigenvalue weighted by Gasteiger charge is -2.27. The number of rotatable bonds is 2. The summed E-state index contributed by atoms with van der Waals surface area (Å²) in [5.41, 5.74) is 2.16. The van der Waals surface area contributed by atoms with E-state index in [9.17, 15) is 0 Å². The predicted octanol–water partition coefficient (Wildman–Crippen LogP) is 3.78. The average molecular weight is 339 g/mol. The maximum absolute atomic E-state index is 4.80. The topological polar surface area (TPSA) is 46.3 Å². The number of hydrogen-bond acceptors (Lipinski definition) is 5. The highest BCUT2D eigenvalue weighted by Gasteiger charge is 2.23. The highest BCUT2D eigenvalue weighted by Crippen LogP contribution is 2.28. The Morgan fingerprint density at radius 2 is 2.00 bits per heavy atom. The van der Waals surface area contributed by atoms with Crippen molar-refractivity contribution in [3.63, 3.8) is 0 Å². The lowest BCUT2D eigenvalue weighted by Crippen LogP contribution is -2.29. The van der Waals surface area contributed by atoms with E-state index in [1.54, 1.807) is 0 Å². The Morgan fingerprint density at radius 3 is 2.67 bits per heavy atom. The molecule has 1 aliphatic rings. The van der Waals surface area contributed by atoms with E-state index in [0.717, 1.165) is 36.8 Å². The van der Waals surface area contributed by atoms with Gasteiger partial charge in [0.2, 0.25) is 0 Å². The molecule has 0 saturated carbocycles. The zero-order valence-electron chi connectivity index (χ0n) is 14.2. The van der Waals surface area contributed by atoms with Crippen molar-refractivity contribution in [1.29, 1.82) is 0 Å². The number of anilines is 1. The molecular weight excluding hydrogens is 318 g/mol. The highest BCUT2D eigenvalue weighted by molar-refractivity contribution is 7.11. The van der Waals surface area contributed by atoms with Crippen LogP contribution in [0.2, 0.25) is 0 Å². The van der Waals surface area contributed by atoms with Crippen LogP contribution in [0.15, 0.2) is 35.7 Å². The van der Waals surface area contributed by atoms with Gasteiger partial charge < -0.3 is 4.90 Å². The third kappa shape index (κ3) is 2.71. The predicted molar refractivity (Wildman–Crippen MR) is 98.6 cm³/mol. The van der Waals surface area contributed by atoms with Crippen LogP contribution in [0.25, 0.3) is 11.2 Å². The van der Waals surface area contributed by atoms with Gasteiger partial charge in [-0.1, -0.05) is 32.9 Å². The zero-order valence-corrected chi connectivity index (χ0v) is 15.0. The smallest absolute Gasteiger partial charge is 0.178 e. The molecule has 4 rings (SSSR count). The largest absolute Gasteiger partial charge is 0.351 e. The fraction of sp³-hybridized carbons (Fsp3) is 0.389. The normalized spacial score (nSPS) is 15.8. The van der Waals surface area contributed by atoms with Gasteiger partial charge in [0.15, 0.2) is 11.5 Å². The lowest BCUT2D eigenvalue weighted by atomic mass is 9.96. The van der Waals surface area contributed by atoms with Crippen molar-refractivity contribution in [3.8, 4) is 0 Å². The van der Waals surface area contributed by atoms with Crippen LogP contribution in [0, 0.1) is 0 Å². The molecule has 0 atom stereocenters. The minimum atomic E-state index is -0.0841. The van der Waals surface area contributed by atoms with Gasteiger partial charge >= 0.3 is 0 Å². The monoisotopic (exact) mass is 339 g/mol. The van der Waals surface area contributed by atoms with Crippen molar-refractivity contribution >= 4 is 28.4 Å². The summed E-state index contributed by atoms with van der Waals surface area (Å²) in [6.07, 6.45) is 3.37. The van der Waals surface area contributed by atoms with Gasteiger partial charge in [0.1, 0.15) is 5.82 Å². The molecule has 3 aromatic heterocycles. The molecule has 6 heteroatoms. The summed E-state index contributed by atoms with van der Waals surface area (Å²) in [4.78, 5) is 3.69. The van der Waals surface area contributed by atoms with E-state index in [0.29, 0.717) is 0 Å². The summed E-state index contributed by atoms with van der Waals surface area (Å²) in [5.74, 6) is 1.88. The quantitative estimate of drug-likeness (QED) is 0.713.